The molecule has 6 rings (SSSR count). The molecule has 6 aliphatic carbocycles. The van der Waals surface area contributed by atoms with Crippen LogP contribution in [0.5, 0.6) is 0 Å². The molecule has 0 radical (unpaired) electrons. The molecule has 0 amide bonds. The van der Waals surface area contributed by atoms with Crippen molar-refractivity contribution in [3.8, 4) is 0 Å². The van der Waals surface area contributed by atoms with Gasteiger partial charge in [0.15, 0.2) is 0 Å². The number of fused-ring (bicyclic) bond motifs is 7. The first-order valence-electron chi connectivity index (χ1n) is 19.7. The van der Waals surface area contributed by atoms with E-state index in [1.54, 1.807) is 0 Å². The van der Waals surface area contributed by atoms with Gasteiger partial charge in [-0.2, -0.15) is 0 Å². The van der Waals surface area contributed by atoms with Crippen molar-refractivity contribution in [3.63, 3.8) is 0 Å². The number of rotatable bonds is 8. The Labute approximate surface area is 296 Å². The van der Waals surface area contributed by atoms with E-state index in [4.69, 9.17) is 15.2 Å². The van der Waals surface area contributed by atoms with Crippen LogP contribution in [-0.2, 0) is 23.9 Å². The zero-order valence-electron chi connectivity index (χ0n) is 32.2. The molecule has 0 aliphatic heterocycles. The molecule has 6 aliphatic rings. The van der Waals surface area contributed by atoms with Crippen LogP contribution in [0.4, 0.5) is 0 Å². The van der Waals surface area contributed by atoms with E-state index < -0.39 is 22.3 Å². The molecule has 7 nitrogen and oxygen atoms in total. The fourth-order valence-corrected chi connectivity index (χ4v) is 14.3. The lowest BCUT2D eigenvalue weighted by molar-refractivity contribution is -0.255. The third-order valence-corrected chi connectivity index (χ3v) is 17.6. The van der Waals surface area contributed by atoms with Crippen LogP contribution in [-0.4, -0.2) is 41.3 Å². The van der Waals surface area contributed by atoms with Gasteiger partial charge in [0, 0.05) is 11.0 Å². The second-order valence-electron chi connectivity index (χ2n) is 19.8. The minimum Gasteiger partial charge on any atom is -0.481 e. The molecule has 0 bridgehead atoms. The number of carbonyl (C=O) groups excluding carboxylic acids is 2. The van der Waals surface area contributed by atoms with Crippen molar-refractivity contribution in [3.05, 3.63) is 12.2 Å². The normalized spacial score (nSPS) is 47.7. The van der Waals surface area contributed by atoms with Crippen molar-refractivity contribution in [2.75, 3.05) is 6.61 Å². The Morgan fingerprint density at radius 3 is 2.00 bits per heavy atom. The van der Waals surface area contributed by atoms with Crippen molar-refractivity contribution in [2.24, 2.45) is 73.7 Å². The van der Waals surface area contributed by atoms with Crippen molar-refractivity contribution < 1.29 is 29.0 Å². The van der Waals surface area contributed by atoms with Gasteiger partial charge in [0.25, 0.3) is 0 Å². The van der Waals surface area contributed by atoms with E-state index in [-0.39, 0.29) is 63.4 Å². The molecule has 3 N–H and O–H groups in total. The Balaban J connectivity index is 1.21. The van der Waals surface area contributed by atoms with E-state index in [0.29, 0.717) is 37.7 Å². The van der Waals surface area contributed by atoms with Gasteiger partial charge >= 0.3 is 17.9 Å². The maximum absolute atomic E-state index is 13.8. The number of nitrogens with two attached hydrogens (primary N) is 1. The van der Waals surface area contributed by atoms with Crippen LogP contribution >= 0.6 is 0 Å². The number of hydrogen-bond acceptors (Lipinski definition) is 6. The van der Waals surface area contributed by atoms with Crippen LogP contribution in [0.3, 0.4) is 0 Å². The van der Waals surface area contributed by atoms with Crippen LogP contribution in [0, 0.1) is 68.0 Å². The molecule has 276 valence electrons. The van der Waals surface area contributed by atoms with E-state index in [2.05, 4.69) is 55.0 Å². The number of carbonyl (C=O) groups is 3. The van der Waals surface area contributed by atoms with Crippen molar-refractivity contribution >= 4 is 17.9 Å². The van der Waals surface area contributed by atoms with Crippen molar-refractivity contribution in [1.29, 1.82) is 0 Å². The van der Waals surface area contributed by atoms with Crippen molar-refractivity contribution in [1.82, 2.24) is 0 Å². The Morgan fingerprint density at radius 2 is 1.39 bits per heavy atom. The summed E-state index contributed by atoms with van der Waals surface area (Å²) in [6.45, 7) is 25.2. The lowest BCUT2D eigenvalue weighted by atomic mass is 9.31. The molecule has 2 unspecified atom stereocenters. The summed E-state index contributed by atoms with van der Waals surface area (Å²) in [5, 5.41) is 10.8. The molecular formula is C42H67NO6. The molecule has 49 heavy (non-hydrogen) atoms. The zero-order chi connectivity index (χ0) is 36.2. The first-order chi connectivity index (χ1) is 22.7. The maximum Gasteiger partial charge on any atom is 0.311 e. The first-order valence-corrected chi connectivity index (χ1v) is 19.7. The standard InChI is InChI=1S/C42H67NO6/c1-11-12-23-48-33(44)27-24-28(36(27,4)5)34(45)49-32-17-18-38(8)29(37(32,6)7)16-19-39(9)30(38)13-14-31-40(39,10)21-22-41(35(46)47)20-15-26(25(2)3)42(31,41)43/h26-32H,2,11-24,43H2,1,3-10H3,(H,46,47)/t26-,27-,28+,29-,30+,31?,32-,38-,39?,40+,41+,42-/m0/s1. The summed E-state index contributed by atoms with van der Waals surface area (Å²) >= 11 is 0. The number of ether oxygens (including phenoxy) is 2. The van der Waals surface area contributed by atoms with Crippen LogP contribution in [0.15, 0.2) is 12.2 Å². The number of unbranched alkanes of at least 4 members (excludes halogenated alkanes) is 1. The SMILES string of the molecule is C=C(C)[C@@H]1CC[C@]2(C(=O)O)CC[C@]3(C)C(CC[C@H]4C3(C)CC[C@H]3C(C)(C)[C@@H](OC(=O)[C@H]5C[C@@H](C(=O)OCCCC)C5(C)C)CC[C@@]34C)[C@@]12N. The highest BCUT2D eigenvalue weighted by molar-refractivity contribution is 5.82. The van der Waals surface area contributed by atoms with E-state index >= 15 is 0 Å². The topological polar surface area (TPSA) is 116 Å². The molecule has 0 saturated heterocycles. The maximum atomic E-state index is 13.8. The molecular weight excluding hydrogens is 614 g/mol. The summed E-state index contributed by atoms with van der Waals surface area (Å²) < 4.78 is 12.0. The first kappa shape index (κ1) is 36.9. The predicted octanol–water partition coefficient (Wildman–Crippen LogP) is 8.73. The van der Waals surface area contributed by atoms with E-state index in [1.807, 2.05) is 13.8 Å². The fraction of sp³-hybridized carbons (Fsp3) is 0.881. The summed E-state index contributed by atoms with van der Waals surface area (Å²) in [6, 6.07) is 0. The highest BCUT2D eigenvalue weighted by atomic mass is 16.5. The van der Waals surface area contributed by atoms with Crippen LogP contribution in [0.1, 0.15) is 146 Å². The van der Waals surface area contributed by atoms with Gasteiger partial charge in [-0.1, -0.05) is 74.0 Å². The van der Waals surface area contributed by atoms with Gasteiger partial charge in [-0.25, -0.2) is 0 Å². The van der Waals surface area contributed by atoms with Crippen molar-refractivity contribution in [2.45, 2.75) is 157 Å². The number of hydrogen-bond donors (Lipinski definition) is 2. The Morgan fingerprint density at radius 1 is 0.755 bits per heavy atom. The third kappa shape index (κ3) is 4.77. The lowest BCUT2D eigenvalue weighted by Crippen LogP contribution is -2.75. The Bertz CT molecular complexity index is 1390. The Hall–Kier alpha value is -1.89. The molecule has 6 saturated carbocycles. The minimum atomic E-state index is -0.876. The van der Waals surface area contributed by atoms with E-state index in [9.17, 15) is 19.5 Å². The molecule has 12 atom stereocenters. The van der Waals surface area contributed by atoms with Gasteiger partial charge in [-0.15, -0.1) is 0 Å². The third-order valence-electron chi connectivity index (χ3n) is 17.6. The average Bonchev–Trinajstić information content (AvgIpc) is 3.33. The molecule has 0 spiro atoms. The predicted molar refractivity (Wildman–Crippen MR) is 191 cm³/mol. The monoisotopic (exact) mass is 681 g/mol. The fourth-order valence-electron chi connectivity index (χ4n) is 14.3. The van der Waals surface area contributed by atoms with Gasteiger partial charge < -0.3 is 20.3 Å². The van der Waals surface area contributed by atoms with Gasteiger partial charge in [0.1, 0.15) is 6.10 Å². The number of aliphatic carboxylic acids is 1. The molecule has 0 heterocycles. The van der Waals surface area contributed by atoms with Gasteiger partial charge in [0.05, 0.1) is 23.9 Å². The van der Waals surface area contributed by atoms with Crippen LogP contribution in [0.25, 0.3) is 0 Å². The second-order valence-corrected chi connectivity index (χ2v) is 19.8. The van der Waals surface area contributed by atoms with E-state index in [1.165, 1.54) is 0 Å². The highest BCUT2D eigenvalue weighted by Gasteiger charge is 2.76. The molecule has 7 heteroatoms. The molecule has 0 aromatic carbocycles. The summed E-state index contributed by atoms with van der Waals surface area (Å²) in [4.78, 5) is 39.7. The molecule has 0 aromatic rings. The summed E-state index contributed by atoms with van der Waals surface area (Å²) in [7, 11) is 0. The van der Waals surface area contributed by atoms with Crippen LogP contribution < -0.4 is 5.73 Å². The number of carboxylic acid groups (broad SMARTS) is 1. The molecule has 0 aromatic heterocycles. The smallest absolute Gasteiger partial charge is 0.311 e. The van der Waals surface area contributed by atoms with Crippen LogP contribution in [0.2, 0.25) is 0 Å². The highest BCUT2D eigenvalue weighted by Crippen LogP contribution is 2.78. The van der Waals surface area contributed by atoms with Gasteiger partial charge in [0.2, 0.25) is 0 Å². The number of esters is 2. The largest absolute Gasteiger partial charge is 0.481 e. The van der Waals surface area contributed by atoms with E-state index in [0.717, 1.165) is 69.8 Å². The van der Waals surface area contributed by atoms with Gasteiger partial charge in [-0.05, 0) is 129 Å². The lowest BCUT2D eigenvalue weighted by Gasteiger charge is -2.74. The Kier molecular flexibility index (Phi) is 8.90. The number of carboxylic acids is 1. The second kappa shape index (κ2) is 11.8. The minimum absolute atomic E-state index is 0.0342. The summed E-state index contributed by atoms with van der Waals surface area (Å²) in [6.07, 6.45) is 11.2. The summed E-state index contributed by atoms with van der Waals surface area (Å²) in [5.41, 5.74) is 6.41. The summed E-state index contributed by atoms with van der Waals surface area (Å²) in [5.74, 6) is -0.525. The quantitative estimate of drug-likeness (QED) is 0.150. The molecule has 6 fully saturated rings. The average molecular weight is 682 g/mol. The zero-order valence-corrected chi connectivity index (χ0v) is 32.2. The van der Waals surface area contributed by atoms with Gasteiger partial charge in [-0.3, -0.25) is 14.4 Å².